The molecule has 0 aliphatic rings. The lowest BCUT2D eigenvalue weighted by molar-refractivity contribution is 0.152. The van der Waals surface area contributed by atoms with E-state index >= 15 is 0 Å². The van der Waals surface area contributed by atoms with Crippen molar-refractivity contribution in [2.24, 2.45) is 7.05 Å². The molecule has 0 aliphatic carbocycles. The second-order valence-corrected chi connectivity index (χ2v) is 4.93. The standard InChI is InChI=1S/C16H21N5O3/c1-3-24-16(23)18-10-9-17-15(22)19-14-11-13(21(2)20-14)12-7-5-4-6-8-12/h4-8,11H,3,9-10H2,1-2H3,(H,18,23)(H2,17,19,20,22). The van der Waals surface area contributed by atoms with Gasteiger partial charge in [-0.1, -0.05) is 30.3 Å². The monoisotopic (exact) mass is 331 g/mol. The van der Waals surface area contributed by atoms with Crippen molar-refractivity contribution >= 4 is 17.9 Å². The summed E-state index contributed by atoms with van der Waals surface area (Å²) in [5.41, 5.74) is 1.91. The molecule has 0 radical (unpaired) electrons. The molecular formula is C16H21N5O3. The number of nitrogens with zero attached hydrogens (tertiary/aromatic N) is 2. The second kappa shape index (κ2) is 8.56. The van der Waals surface area contributed by atoms with Crippen LogP contribution in [0.3, 0.4) is 0 Å². The van der Waals surface area contributed by atoms with Gasteiger partial charge in [0.25, 0.3) is 0 Å². The lowest BCUT2D eigenvalue weighted by Crippen LogP contribution is -2.37. The summed E-state index contributed by atoms with van der Waals surface area (Å²) in [5, 5.41) is 12.1. The van der Waals surface area contributed by atoms with Crippen LogP contribution in [0.4, 0.5) is 15.4 Å². The Hall–Kier alpha value is -3.03. The topological polar surface area (TPSA) is 97.3 Å². The van der Waals surface area contributed by atoms with E-state index in [0.29, 0.717) is 12.4 Å². The maximum atomic E-state index is 11.8. The van der Waals surface area contributed by atoms with Gasteiger partial charge in [-0.2, -0.15) is 5.10 Å². The number of aryl methyl sites for hydroxylation is 1. The zero-order chi connectivity index (χ0) is 17.4. The van der Waals surface area contributed by atoms with Gasteiger partial charge in [-0.3, -0.25) is 10.00 Å². The average molecular weight is 331 g/mol. The molecule has 2 rings (SSSR count). The lowest BCUT2D eigenvalue weighted by atomic mass is 10.1. The van der Waals surface area contributed by atoms with Crippen LogP contribution in [0.15, 0.2) is 36.4 Å². The fourth-order valence-corrected chi connectivity index (χ4v) is 2.09. The molecule has 0 saturated carbocycles. The summed E-state index contributed by atoms with van der Waals surface area (Å²) in [7, 11) is 1.81. The summed E-state index contributed by atoms with van der Waals surface area (Å²) < 4.78 is 6.41. The summed E-state index contributed by atoms with van der Waals surface area (Å²) in [6.07, 6.45) is -0.503. The Labute approximate surface area is 140 Å². The van der Waals surface area contributed by atoms with E-state index in [1.807, 2.05) is 37.4 Å². The van der Waals surface area contributed by atoms with Crippen LogP contribution in [0.25, 0.3) is 11.3 Å². The first-order valence-electron chi connectivity index (χ1n) is 7.65. The van der Waals surface area contributed by atoms with Crippen LogP contribution in [0.5, 0.6) is 0 Å². The summed E-state index contributed by atoms with van der Waals surface area (Å²) >= 11 is 0. The molecule has 0 spiro atoms. The molecule has 8 nitrogen and oxygen atoms in total. The largest absolute Gasteiger partial charge is 0.450 e. The maximum absolute atomic E-state index is 11.8. The number of nitrogens with one attached hydrogen (secondary N) is 3. The number of rotatable bonds is 6. The average Bonchev–Trinajstić information content (AvgIpc) is 2.93. The number of urea groups is 1. The van der Waals surface area contributed by atoms with Crippen LogP contribution in [-0.2, 0) is 11.8 Å². The highest BCUT2D eigenvalue weighted by atomic mass is 16.5. The minimum absolute atomic E-state index is 0.281. The van der Waals surface area contributed by atoms with Crippen LogP contribution >= 0.6 is 0 Å². The Morgan fingerprint density at radius 3 is 2.58 bits per heavy atom. The maximum Gasteiger partial charge on any atom is 0.407 e. The lowest BCUT2D eigenvalue weighted by Gasteiger charge is -2.07. The molecule has 0 atom stereocenters. The van der Waals surface area contributed by atoms with Gasteiger partial charge in [0.05, 0.1) is 12.3 Å². The molecule has 0 fully saturated rings. The first-order valence-corrected chi connectivity index (χ1v) is 7.65. The quantitative estimate of drug-likeness (QED) is 0.705. The minimum Gasteiger partial charge on any atom is -0.450 e. The Kier molecular flexibility index (Phi) is 6.18. The third-order valence-corrected chi connectivity index (χ3v) is 3.15. The van der Waals surface area contributed by atoms with Gasteiger partial charge in [0.1, 0.15) is 0 Å². The second-order valence-electron chi connectivity index (χ2n) is 4.93. The van der Waals surface area contributed by atoms with Gasteiger partial charge < -0.3 is 15.4 Å². The number of aromatic nitrogens is 2. The molecule has 0 saturated heterocycles. The number of carbonyl (C=O) groups is 2. The highest BCUT2D eigenvalue weighted by Gasteiger charge is 2.09. The fraction of sp³-hybridized carbons (Fsp3) is 0.312. The molecule has 0 aliphatic heterocycles. The zero-order valence-electron chi connectivity index (χ0n) is 13.7. The van der Waals surface area contributed by atoms with Gasteiger partial charge in [-0.05, 0) is 12.5 Å². The van der Waals surface area contributed by atoms with Gasteiger partial charge in [0.15, 0.2) is 5.82 Å². The number of hydrogen-bond donors (Lipinski definition) is 3. The molecule has 24 heavy (non-hydrogen) atoms. The Bertz CT molecular complexity index is 684. The molecule has 0 bridgehead atoms. The van der Waals surface area contributed by atoms with E-state index in [0.717, 1.165) is 11.3 Å². The fourth-order valence-electron chi connectivity index (χ4n) is 2.09. The minimum atomic E-state index is -0.503. The molecule has 128 valence electrons. The van der Waals surface area contributed by atoms with E-state index in [1.165, 1.54) is 0 Å². The van der Waals surface area contributed by atoms with E-state index in [4.69, 9.17) is 4.74 Å². The SMILES string of the molecule is CCOC(=O)NCCNC(=O)Nc1cc(-c2ccccc2)n(C)n1. The summed E-state index contributed by atoms with van der Waals surface area (Å²) in [4.78, 5) is 22.9. The highest BCUT2D eigenvalue weighted by molar-refractivity contribution is 5.88. The Morgan fingerprint density at radius 1 is 1.17 bits per heavy atom. The number of hydrogen-bond acceptors (Lipinski definition) is 4. The third-order valence-electron chi connectivity index (χ3n) is 3.15. The smallest absolute Gasteiger partial charge is 0.407 e. The third kappa shape index (κ3) is 5.01. The number of ether oxygens (including phenoxy) is 1. The van der Waals surface area contributed by atoms with Gasteiger partial charge in [0, 0.05) is 26.2 Å². The van der Waals surface area contributed by atoms with Crippen LogP contribution < -0.4 is 16.0 Å². The number of benzene rings is 1. The van der Waals surface area contributed by atoms with Crippen molar-refractivity contribution in [1.29, 1.82) is 0 Å². The zero-order valence-corrected chi connectivity index (χ0v) is 13.7. The molecule has 1 aromatic carbocycles. The van der Waals surface area contributed by atoms with E-state index < -0.39 is 12.1 Å². The van der Waals surface area contributed by atoms with E-state index in [-0.39, 0.29) is 13.1 Å². The molecule has 8 heteroatoms. The molecule has 1 aromatic heterocycles. The van der Waals surface area contributed by atoms with E-state index in [9.17, 15) is 9.59 Å². The van der Waals surface area contributed by atoms with Crippen molar-refractivity contribution in [1.82, 2.24) is 20.4 Å². The molecule has 1 heterocycles. The number of alkyl carbamates (subject to hydrolysis) is 1. The van der Waals surface area contributed by atoms with Gasteiger partial charge in [-0.15, -0.1) is 0 Å². The molecule has 0 unspecified atom stereocenters. The van der Waals surface area contributed by atoms with Crippen LogP contribution in [0.2, 0.25) is 0 Å². The first-order chi connectivity index (χ1) is 11.6. The molecule has 3 N–H and O–H groups in total. The van der Waals surface area contributed by atoms with Crippen molar-refractivity contribution in [3.05, 3.63) is 36.4 Å². The summed E-state index contributed by atoms with van der Waals surface area (Å²) in [6, 6.07) is 11.2. The van der Waals surface area contributed by atoms with Crippen molar-refractivity contribution in [2.45, 2.75) is 6.92 Å². The van der Waals surface area contributed by atoms with E-state index in [2.05, 4.69) is 21.0 Å². The van der Waals surface area contributed by atoms with Gasteiger partial charge in [-0.25, -0.2) is 9.59 Å². The molecule has 2 aromatic rings. The predicted molar refractivity (Wildman–Crippen MR) is 90.7 cm³/mol. The number of amides is 3. The summed E-state index contributed by atoms with van der Waals surface area (Å²) in [6.45, 7) is 2.60. The molecule has 3 amide bonds. The van der Waals surface area contributed by atoms with Crippen molar-refractivity contribution in [2.75, 3.05) is 25.0 Å². The predicted octanol–water partition coefficient (Wildman–Crippen LogP) is 1.95. The normalized spacial score (nSPS) is 10.1. The van der Waals surface area contributed by atoms with Crippen molar-refractivity contribution < 1.29 is 14.3 Å². The molecular weight excluding hydrogens is 310 g/mol. The number of carbonyl (C=O) groups excluding carboxylic acids is 2. The Morgan fingerprint density at radius 2 is 1.88 bits per heavy atom. The number of anilines is 1. The van der Waals surface area contributed by atoms with Crippen LogP contribution in [0, 0.1) is 0 Å². The van der Waals surface area contributed by atoms with Crippen LogP contribution in [0.1, 0.15) is 6.92 Å². The Balaban J connectivity index is 1.81. The van der Waals surface area contributed by atoms with Gasteiger partial charge >= 0.3 is 12.1 Å². The van der Waals surface area contributed by atoms with E-state index in [1.54, 1.807) is 17.7 Å². The summed E-state index contributed by atoms with van der Waals surface area (Å²) in [5.74, 6) is 0.451. The van der Waals surface area contributed by atoms with Crippen molar-refractivity contribution in [3.63, 3.8) is 0 Å². The van der Waals surface area contributed by atoms with Crippen molar-refractivity contribution in [3.8, 4) is 11.3 Å². The highest BCUT2D eigenvalue weighted by Crippen LogP contribution is 2.21. The first kappa shape index (κ1) is 17.3. The van der Waals surface area contributed by atoms with Crippen LogP contribution in [-0.4, -0.2) is 41.6 Å². The van der Waals surface area contributed by atoms with Gasteiger partial charge in [0.2, 0.25) is 0 Å².